The van der Waals surface area contributed by atoms with E-state index in [4.69, 9.17) is 0 Å². The van der Waals surface area contributed by atoms with Crippen LogP contribution in [-0.4, -0.2) is 14.5 Å². The molecule has 0 fully saturated rings. The first-order valence-electron chi connectivity index (χ1n) is 8.56. The maximum absolute atomic E-state index is 13.4. The first kappa shape index (κ1) is 18.7. The van der Waals surface area contributed by atoms with Gasteiger partial charge in [-0.2, -0.15) is 0 Å². The first-order chi connectivity index (χ1) is 12.3. The van der Waals surface area contributed by atoms with Crippen molar-refractivity contribution in [2.75, 3.05) is 4.31 Å². The van der Waals surface area contributed by atoms with Crippen molar-refractivity contribution in [2.24, 2.45) is 0 Å². The van der Waals surface area contributed by atoms with E-state index in [0.29, 0.717) is 10.6 Å². The molecule has 5 heteroatoms. The zero-order chi connectivity index (χ0) is 18.9. The molecule has 0 spiro atoms. The highest BCUT2D eigenvalue weighted by atomic mass is 32.2. The molecule has 0 amide bonds. The summed E-state index contributed by atoms with van der Waals surface area (Å²) in [5.41, 5.74) is 3.63. The Balaban J connectivity index is 2.06. The zero-order valence-corrected chi connectivity index (χ0v) is 17.1. The third kappa shape index (κ3) is 3.55. The van der Waals surface area contributed by atoms with E-state index in [2.05, 4.69) is 0 Å². The summed E-state index contributed by atoms with van der Waals surface area (Å²) in [6, 6.07) is 17.3. The molecule has 3 nitrogen and oxygen atoms in total. The number of anilines is 1. The molecule has 0 saturated carbocycles. The summed E-state index contributed by atoms with van der Waals surface area (Å²) in [6.45, 7) is 7.62. The molecule has 0 atom stereocenters. The van der Waals surface area contributed by atoms with Crippen LogP contribution < -0.4 is 4.31 Å². The minimum Gasteiger partial charge on any atom is -0.263 e. The number of benzene rings is 2. The van der Waals surface area contributed by atoms with Crippen LogP contribution in [0.1, 0.15) is 25.0 Å². The molecule has 0 bridgehead atoms. The Morgan fingerprint density at radius 3 is 2.27 bits per heavy atom. The molecule has 2 aromatic carbocycles. The van der Waals surface area contributed by atoms with Crippen molar-refractivity contribution in [3.63, 3.8) is 0 Å². The lowest BCUT2D eigenvalue weighted by Gasteiger charge is -2.28. The van der Waals surface area contributed by atoms with Crippen LogP contribution in [0.25, 0.3) is 10.4 Å². The third-order valence-corrected chi connectivity index (χ3v) is 7.37. The number of sulfonamides is 1. The predicted octanol–water partition coefficient (Wildman–Crippen LogP) is 5.64. The van der Waals surface area contributed by atoms with Gasteiger partial charge in [0, 0.05) is 16.3 Å². The van der Waals surface area contributed by atoms with Gasteiger partial charge < -0.3 is 0 Å². The van der Waals surface area contributed by atoms with Crippen LogP contribution >= 0.6 is 11.3 Å². The standard InChI is InChI=1S/C21H23NO2S2/c1-15(2)22(26(23,24)21-11-10-16(3)12-17(21)4)19-13-20(25-14-19)18-8-6-5-7-9-18/h5-15H,1-4H3. The molecular formula is C21H23NO2S2. The van der Waals surface area contributed by atoms with E-state index in [1.54, 1.807) is 17.4 Å². The fourth-order valence-corrected chi connectivity index (χ4v) is 5.92. The SMILES string of the molecule is Cc1ccc(S(=O)(=O)N(c2csc(-c3ccccc3)c2)C(C)C)c(C)c1. The van der Waals surface area contributed by atoms with Crippen LogP contribution in [0.4, 0.5) is 5.69 Å². The summed E-state index contributed by atoms with van der Waals surface area (Å²) in [6.07, 6.45) is 0. The van der Waals surface area contributed by atoms with Gasteiger partial charge >= 0.3 is 0 Å². The van der Waals surface area contributed by atoms with Gasteiger partial charge in [0.25, 0.3) is 10.0 Å². The van der Waals surface area contributed by atoms with Crippen LogP contribution in [0, 0.1) is 13.8 Å². The van der Waals surface area contributed by atoms with E-state index in [0.717, 1.165) is 21.6 Å². The monoisotopic (exact) mass is 385 g/mol. The quantitative estimate of drug-likeness (QED) is 0.570. The van der Waals surface area contributed by atoms with Crippen molar-refractivity contribution in [1.29, 1.82) is 0 Å². The molecule has 3 aromatic rings. The minimum atomic E-state index is -3.63. The van der Waals surface area contributed by atoms with E-state index in [-0.39, 0.29) is 6.04 Å². The summed E-state index contributed by atoms with van der Waals surface area (Å²) in [4.78, 5) is 1.42. The van der Waals surface area contributed by atoms with Gasteiger partial charge in [0.05, 0.1) is 10.6 Å². The topological polar surface area (TPSA) is 37.4 Å². The van der Waals surface area contributed by atoms with E-state index < -0.39 is 10.0 Å². The molecule has 1 aromatic heterocycles. The highest BCUT2D eigenvalue weighted by Crippen LogP contribution is 2.35. The van der Waals surface area contributed by atoms with Crippen molar-refractivity contribution in [3.8, 4) is 10.4 Å². The van der Waals surface area contributed by atoms with Gasteiger partial charge in [-0.05, 0) is 51.0 Å². The van der Waals surface area contributed by atoms with E-state index in [1.165, 1.54) is 4.31 Å². The second-order valence-electron chi connectivity index (χ2n) is 6.70. The average Bonchev–Trinajstić information content (AvgIpc) is 3.04. The minimum absolute atomic E-state index is 0.182. The highest BCUT2D eigenvalue weighted by molar-refractivity contribution is 7.93. The smallest absolute Gasteiger partial charge is 0.263 e. The molecule has 0 unspecified atom stereocenters. The molecule has 0 aliphatic carbocycles. The van der Waals surface area contributed by atoms with Gasteiger partial charge in [-0.1, -0.05) is 48.0 Å². The Morgan fingerprint density at radius 1 is 0.962 bits per heavy atom. The number of hydrogen-bond acceptors (Lipinski definition) is 3. The molecule has 0 saturated heterocycles. The van der Waals surface area contributed by atoms with Gasteiger partial charge in [-0.3, -0.25) is 4.31 Å². The maximum Gasteiger partial charge on any atom is 0.264 e. The molecule has 1 heterocycles. The summed E-state index contributed by atoms with van der Waals surface area (Å²) in [5, 5.41) is 1.92. The van der Waals surface area contributed by atoms with Gasteiger partial charge in [-0.15, -0.1) is 11.3 Å². The summed E-state index contributed by atoms with van der Waals surface area (Å²) < 4.78 is 28.3. The normalized spacial score (nSPS) is 11.7. The first-order valence-corrected chi connectivity index (χ1v) is 10.9. The van der Waals surface area contributed by atoms with Crippen molar-refractivity contribution in [2.45, 2.75) is 38.6 Å². The van der Waals surface area contributed by atoms with Gasteiger partial charge in [0.2, 0.25) is 0 Å². The van der Waals surface area contributed by atoms with Crippen molar-refractivity contribution in [1.82, 2.24) is 0 Å². The lowest BCUT2D eigenvalue weighted by Crippen LogP contribution is -2.37. The molecular weight excluding hydrogens is 362 g/mol. The van der Waals surface area contributed by atoms with Crippen LogP contribution in [0.15, 0.2) is 64.9 Å². The number of rotatable bonds is 5. The van der Waals surface area contributed by atoms with Crippen molar-refractivity contribution >= 4 is 27.0 Å². The van der Waals surface area contributed by atoms with E-state index in [1.807, 2.05) is 81.6 Å². The molecule has 136 valence electrons. The fourth-order valence-electron chi connectivity index (χ4n) is 3.10. The Labute approximate surface area is 160 Å². The molecule has 3 rings (SSSR count). The van der Waals surface area contributed by atoms with Gasteiger partial charge in [0.1, 0.15) is 0 Å². The van der Waals surface area contributed by atoms with E-state index in [9.17, 15) is 8.42 Å². The molecule has 26 heavy (non-hydrogen) atoms. The zero-order valence-electron chi connectivity index (χ0n) is 15.4. The number of aryl methyl sites for hydroxylation is 2. The van der Waals surface area contributed by atoms with Crippen LogP contribution in [0.2, 0.25) is 0 Å². The Bertz CT molecular complexity index is 1010. The van der Waals surface area contributed by atoms with Crippen molar-refractivity contribution < 1.29 is 8.42 Å². The number of thiophene rings is 1. The number of nitrogens with zero attached hydrogens (tertiary/aromatic N) is 1. The molecule has 0 aliphatic heterocycles. The lowest BCUT2D eigenvalue weighted by atomic mass is 10.2. The second-order valence-corrected chi connectivity index (χ2v) is 9.39. The third-order valence-electron chi connectivity index (χ3n) is 4.23. The largest absolute Gasteiger partial charge is 0.264 e. The fraction of sp³-hybridized carbons (Fsp3) is 0.238. The van der Waals surface area contributed by atoms with Crippen LogP contribution in [0.5, 0.6) is 0 Å². The molecule has 0 aliphatic rings. The predicted molar refractivity (Wildman–Crippen MR) is 110 cm³/mol. The van der Waals surface area contributed by atoms with Gasteiger partial charge in [-0.25, -0.2) is 8.42 Å². The second kappa shape index (κ2) is 7.25. The average molecular weight is 386 g/mol. The van der Waals surface area contributed by atoms with Gasteiger partial charge in [0.15, 0.2) is 0 Å². The van der Waals surface area contributed by atoms with E-state index >= 15 is 0 Å². The molecule has 0 radical (unpaired) electrons. The van der Waals surface area contributed by atoms with Crippen molar-refractivity contribution in [3.05, 3.63) is 71.1 Å². The Kier molecular flexibility index (Phi) is 5.21. The van der Waals surface area contributed by atoms with Crippen LogP contribution in [0.3, 0.4) is 0 Å². The molecule has 0 N–H and O–H groups in total. The Hall–Kier alpha value is -2.11. The summed E-state index contributed by atoms with van der Waals surface area (Å²) in [5.74, 6) is 0. The summed E-state index contributed by atoms with van der Waals surface area (Å²) >= 11 is 1.56. The lowest BCUT2D eigenvalue weighted by molar-refractivity contribution is 0.584. The summed E-state index contributed by atoms with van der Waals surface area (Å²) in [7, 11) is -3.63. The number of hydrogen-bond donors (Lipinski definition) is 0. The highest BCUT2D eigenvalue weighted by Gasteiger charge is 2.29. The maximum atomic E-state index is 13.4. The Morgan fingerprint density at radius 2 is 1.65 bits per heavy atom. The van der Waals surface area contributed by atoms with Crippen LogP contribution in [-0.2, 0) is 10.0 Å².